The van der Waals surface area contributed by atoms with Gasteiger partial charge < -0.3 is 4.74 Å². The Labute approximate surface area is 143 Å². The van der Waals surface area contributed by atoms with Crippen molar-refractivity contribution >= 4 is 27.5 Å². The number of carbonyl (C=O) groups excluding carboxylic acids is 1. The number of rotatable bonds is 4. The number of hydrogen-bond acceptors (Lipinski definition) is 2. The highest BCUT2D eigenvalue weighted by Gasteiger charge is 2.27. The first-order valence-electron chi connectivity index (χ1n) is 8.57. The minimum absolute atomic E-state index is 0.0753. The van der Waals surface area contributed by atoms with Gasteiger partial charge in [-0.05, 0) is 53.4 Å². The number of fused-ring (bicyclic) bond motifs is 3. The molecule has 2 nitrogen and oxygen atoms in total. The monoisotopic (exact) mass is 320 g/mol. The number of benzene rings is 3. The van der Waals surface area contributed by atoms with Gasteiger partial charge in [-0.3, -0.25) is 4.79 Å². The second kappa shape index (κ2) is 6.27. The smallest absolute Gasteiger partial charge is 0.309 e. The molecule has 2 heteroatoms. The van der Waals surface area contributed by atoms with Gasteiger partial charge in [-0.15, -0.1) is 0 Å². The van der Waals surface area contributed by atoms with Crippen LogP contribution >= 0.6 is 0 Å². The van der Waals surface area contributed by atoms with Crippen molar-refractivity contribution in [3.63, 3.8) is 0 Å². The molecule has 0 N–H and O–H groups in total. The van der Waals surface area contributed by atoms with Gasteiger partial charge in [-0.1, -0.05) is 62.4 Å². The molecule has 0 radical (unpaired) electrons. The molecule has 0 aromatic heterocycles. The molecule has 3 rings (SSSR count). The summed E-state index contributed by atoms with van der Waals surface area (Å²) < 4.78 is 5.77. The van der Waals surface area contributed by atoms with Crippen molar-refractivity contribution in [3.05, 3.63) is 60.2 Å². The number of ether oxygens (including phenoxy) is 1. The van der Waals surface area contributed by atoms with Crippen molar-refractivity contribution in [1.29, 1.82) is 0 Å². The van der Waals surface area contributed by atoms with E-state index in [-0.39, 0.29) is 11.9 Å². The molecule has 0 aliphatic rings. The predicted molar refractivity (Wildman–Crippen MR) is 100 cm³/mol. The van der Waals surface area contributed by atoms with Crippen LogP contribution in [0.15, 0.2) is 54.6 Å². The maximum Gasteiger partial charge on any atom is 0.309 e. The summed E-state index contributed by atoms with van der Waals surface area (Å²) in [5.41, 5.74) is 0.377. The van der Waals surface area contributed by atoms with E-state index < -0.39 is 5.60 Å². The molecule has 0 bridgehead atoms. The van der Waals surface area contributed by atoms with Crippen LogP contribution in [0.1, 0.15) is 39.7 Å². The summed E-state index contributed by atoms with van der Waals surface area (Å²) in [6.45, 7) is 7.82. The summed E-state index contributed by atoms with van der Waals surface area (Å²) in [6, 6.07) is 19.0. The molecular formula is C22H24O2. The molecule has 3 aromatic carbocycles. The Kier molecular flexibility index (Phi) is 4.31. The van der Waals surface area contributed by atoms with E-state index in [4.69, 9.17) is 4.74 Å². The second-order valence-corrected chi connectivity index (χ2v) is 6.96. The highest BCUT2D eigenvalue weighted by Crippen LogP contribution is 2.32. The molecule has 0 amide bonds. The molecule has 0 aliphatic carbocycles. The van der Waals surface area contributed by atoms with E-state index in [1.165, 1.54) is 21.5 Å². The van der Waals surface area contributed by atoms with Gasteiger partial charge in [0, 0.05) is 0 Å². The number of carbonyl (C=O) groups is 1. The summed E-state index contributed by atoms with van der Waals surface area (Å²) >= 11 is 0. The van der Waals surface area contributed by atoms with Crippen molar-refractivity contribution in [2.24, 2.45) is 5.92 Å². The Morgan fingerprint density at radius 2 is 1.67 bits per heavy atom. The lowest BCUT2D eigenvalue weighted by atomic mass is 9.93. The van der Waals surface area contributed by atoms with E-state index in [2.05, 4.69) is 54.6 Å². The molecule has 24 heavy (non-hydrogen) atoms. The van der Waals surface area contributed by atoms with Crippen LogP contribution in [0, 0.1) is 5.92 Å². The second-order valence-electron chi connectivity index (χ2n) is 6.96. The quantitative estimate of drug-likeness (QED) is 0.447. The molecule has 0 saturated carbocycles. The van der Waals surface area contributed by atoms with E-state index in [0.717, 1.165) is 12.0 Å². The maximum absolute atomic E-state index is 12.2. The largest absolute Gasteiger partial charge is 0.455 e. The van der Waals surface area contributed by atoms with Gasteiger partial charge in [0.2, 0.25) is 0 Å². The third kappa shape index (κ3) is 3.01. The summed E-state index contributed by atoms with van der Waals surface area (Å²) in [5, 5.41) is 4.87. The lowest BCUT2D eigenvalue weighted by Gasteiger charge is -2.27. The molecule has 124 valence electrons. The van der Waals surface area contributed by atoms with E-state index in [1.807, 2.05) is 27.7 Å². The molecule has 3 aromatic rings. The maximum atomic E-state index is 12.2. The van der Waals surface area contributed by atoms with Crippen LogP contribution in [-0.2, 0) is 15.1 Å². The van der Waals surface area contributed by atoms with Crippen molar-refractivity contribution in [3.8, 4) is 0 Å². The topological polar surface area (TPSA) is 26.3 Å². The van der Waals surface area contributed by atoms with E-state index in [9.17, 15) is 4.79 Å². The third-order valence-corrected chi connectivity index (χ3v) is 4.81. The van der Waals surface area contributed by atoms with E-state index >= 15 is 0 Å². The van der Waals surface area contributed by atoms with Gasteiger partial charge in [-0.2, -0.15) is 0 Å². The van der Waals surface area contributed by atoms with Gasteiger partial charge in [-0.25, -0.2) is 0 Å². The first-order valence-corrected chi connectivity index (χ1v) is 8.57. The van der Waals surface area contributed by atoms with Gasteiger partial charge in [0.25, 0.3) is 0 Å². The molecule has 0 aliphatic heterocycles. The minimum atomic E-state index is -0.639. The fourth-order valence-corrected chi connectivity index (χ4v) is 2.97. The van der Waals surface area contributed by atoms with Gasteiger partial charge in [0.1, 0.15) is 5.60 Å². The lowest BCUT2D eigenvalue weighted by molar-refractivity contribution is -0.162. The molecule has 0 heterocycles. The Morgan fingerprint density at radius 1 is 1.00 bits per heavy atom. The van der Waals surface area contributed by atoms with Crippen LogP contribution in [0.4, 0.5) is 0 Å². The van der Waals surface area contributed by atoms with Crippen molar-refractivity contribution in [2.75, 3.05) is 0 Å². The first-order chi connectivity index (χ1) is 11.4. The van der Waals surface area contributed by atoms with Crippen LogP contribution in [0.5, 0.6) is 0 Å². The summed E-state index contributed by atoms with van der Waals surface area (Å²) in [6.07, 6.45) is 0.790. The van der Waals surface area contributed by atoms with Crippen molar-refractivity contribution in [2.45, 2.75) is 39.7 Å². The number of esters is 1. The SMILES string of the molecule is CCC(C)C(=O)OC(C)(C)c1ccc2c(ccc3ccccc32)c1. The van der Waals surface area contributed by atoms with E-state index in [1.54, 1.807) is 0 Å². The Balaban J connectivity index is 2.01. The molecular weight excluding hydrogens is 296 g/mol. The van der Waals surface area contributed by atoms with Gasteiger partial charge >= 0.3 is 5.97 Å². The number of hydrogen-bond donors (Lipinski definition) is 0. The molecule has 1 atom stereocenters. The van der Waals surface area contributed by atoms with Crippen LogP contribution in [0.2, 0.25) is 0 Å². The van der Waals surface area contributed by atoms with Gasteiger partial charge in [0.05, 0.1) is 5.92 Å². The standard InChI is InChI=1S/C22H24O2/c1-5-15(2)21(23)24-22(3,4)18-12-13-20-17(14-18)11-10-16-8-6-7-9-19(16)20/h6-15H,5H2,1-4H3. The zero-order valence-corrected chi connectivity index (χ0v) is 14.8. The normalized spacial score (nSPS) is 13.2. The summed E-state index contributed by atoms with van der Waals surface area (Å²) in [7, 11) is 0. The predicted octanol–water partition coefficient (Wildman–Crippen LogP) is 5.82. The minimum Gasteiger partial charge on any atom is -0.455 e. The van der Waals surface area contributed by atoms with E-state index in [0.29, 0.717) is 0 Å². The Hall–Kier alpha value is -2.35. The van der Waals surface area contributed by atoms with Crippen LogP contribution < -0.4 is 0 Å². The zero-order chi connectivity index (χ0) is 17.3. The average Bonchev–Trinajstić information content (AvgIpc) is 2.59. The van der Waals surface area contributed by atoms with Crippen LogP contribution in [-0.4, -0.2) is 5.97 Å². The summed E-state index contributed by atoms with van der Waals surface area (Å²) in [4.78, 5) is 12.2. The van der Waals surface area contributed by atoms with Crippen molar-refractivity contribution in [1.82, 2.24) is 0 Å². The molecule has 0 spiro atoms. The highest BCUT2D eigenvalue weighted by molar-refractivity contribution is 6.07. The Morgan fingerprint density at radius 3 is 2.42 bits per heavy atom. The average molecular weight is 320 g/mol. The third-order valence-electron chi connectivity index (χ3n) is 4.81. The molecule has 0 fully saturated rings. The summed E-state index contributed by atoms with van der Waals surface area (Å²) in [5.74, 6) is -0.213. The lowest BCUT2D eigenvalue weighted by Crippen LogP contribution is -2.28. The molecule has 0 saturated heterocycles. The van der Waals surface area contributed by atoms with Crippen LogP contribution in [0.25, 0.3) is 21.5 Å². The zero-order valence-electron chi connectivity index (χ0n) is 14.8. The Bertz CT molecular complexity index is 893. The highest BCUT2D eigenvalue weighted by atomic mass is 16.6. The fourth-order valence-electron chi connectivity index (χ4n) is 2.97. The van der Waals surface area contributed by atoms with Gasteiger partial charge in [0.15, 0.2) is 0 Å². The molecule has 1 unspecified atom stereocenters. The van der Waals surface area contributed by atoms with Crippen LogP contribution in [0.3, 0.4) is 0 Å². The fraction of sp³-hybridized carbons (Fsp3) is 0.318. The first kappa shape index (κ1) is 16.5. The van der Waals surface area contributed by atoms with Crippen molar-refractivity contribution < 1.29 is 9.53 Å².